The summed E-state index contributed by atoms with van der Waals surface area (Å²) in [5, 5.41) is 3.25. The molecule has 96 valence electrons. The van der Waals surface area contributed by atoms with Crippen LogP contribution < -0.4 is 5.32 Å². The fraction of sp³-hybridized carbons (Fsp3) is 0.583. The van der Waals surface area contributed by atoms with Crippen LogP contribution in [0.2, 0.25) is 0 Å². The molecule has 0 spiro atoms. The van der Waals surface area contributed by atoms with Gasteiger partial charge in [0.1, 0.15) is 0 Å². The quantitative estimate of drug-likeness (QED) is 0.845. The molecule has 4 nitrogen and oxygen atoms in total. The van der Waals surface area contributed by atoms with Gasteiger partial charge in [-0.05, 0) is 32.9 Å². The summed E-state index contributed by atoms with van der Waals surface area (Å²) in [5.74, 6) is 0.152. The Balaban J connectivity index is 0.00000144. The van der Waals surface area contributed by atoms with Crippen LogP contribution in [0.1, 0.15) is 28.9 Å². The number of carbonyl (C=O) groups is 1. The average molecular weight is 258 g/mol. The van der Waals surface area contributed by atoms with Gasteiger partial charge in [0.15, 0.2) is 0 Å². The Kier molecular flexibility index (Phi) is 5.02. The van der Waals surface area contributed by atoms with Crippen LogP contribution in [0, 0.1) is 6.92 Å². The summed E-state index contributed by atoms with van der Waals surface area (Å²) in [4.78, 5) is 17.2. The van der Waals surface area contributed by atoms with Gasteiger partial charge < -0.3 is 15.2 Å². The van der Waals surface area contributed by atoms with Gasteiger partial charge in [0.25, 0.3) is 5.91 Å². The molecule has 2 rings (SSSR count). The first kappa shape index (κ1) is 14.1. The van der Waals surface area contributed by atoms with Gasteiger partial charge in [0.2, 0.25) is 0 Å². The van der Waals surface area contributed by atoms with Gasteiger partial charge in [0.05, 0.1) is 5.56 Å². The van der Waals surface area contributed by atoms with E-state index in [-0.39, 0.29) is 18.3 Å². The lowest BCUT2D eigenvalue weighted by Gasteiger charge is -2.32. The van der Waals surface area contributed by atoms with Crippen LogP contribution in [0.5, 0.6) is 0 Å². The van der Waals surface area contributed by atoms with Crippen LogP contribution >= 0.6 is 12.4 Å². The molecule has 1 aliphatic rings. The maximum atomic E-state index is 12.2. The minimum atomic E-state index is 0. The fourth-order valence-corrected chi connectivity index (χ4v) is 2.25. The predicted octanol–water partition coefficient (Wildman–Crippen LogP) is 1.57. The molecule has 0 bridgehead atoms. The third-order valence-corrected chi connectivity index (χ3v) is 3.30. The number of halogens is 1. The van der Waals surface area contributed by atoms with Gasteiger partial charge in [-0.1, -0.05) is 0 Å². The van der Waals surface area contributed by atoms with Crippen molar-refractivity contribution in [1.29, 1.82) is 0 Å². The number of aromatic nitrogens is 1. The normalized spacial score (nSPS) is 19.9. The highest BCUT2D eigenvalue weighted by Gasteiger charge is 2.24. The predicted molar refractivity (Wildman–Crippen MR) is 70.8 cm³/mol. The molecule has 1 unspecified atom stereocenters. The largest absolute Gasteiger partial charge is 0.365 e. The van der Waals surface area contributed by atoms with Crippen LogP contribution in [0.4, 0.5) is 0 Å². The zero-order valence-corrected chi connectivity index (χ0v) is 11.1. The summed E-state index contributed by atoms with van der Waals surface area (Å²) in [6, 6.07) is 2.30. The number of piperidine rings is 1. The summed E-state index contributed by atoms with van der Waals surface area (Å²) in [6.45, 7) is 3.63. The van der Waals surface area contributed by atoms with Crippen molar-refractivity contribution in [2.24, 2.45) is 0 Å². The number of amides is 1. The highest BCUT2D eigenvalue weighted by molar-refractivity contribution is 5.95. The van der Waals surface area contributed by atoms with Crippen LogP contribution in [-0.4, -0.2) is 42.0 Å². The molecular weight excluding hydrogens is 238 g/mol. The minimum absolute atomic E-state index is 0. The summed E-state index contributed by atoms with van der Waals surface area (Å²) in [5.41, 5.74) is 1.76. The number of nitrogens with one attached hydrogen (secondary N) is 2. The Hall–Kier alpha value is -1.00. The van der Waals surface area contributed by atoms with Crippen molar-refractivity contribution < 1.29 is 4.79 Å². The molecule has 2 heterocycles. The third kappa shape index (κ3) is 3.01. The first-order chi connectivity index (χ1) is 7.72. The van der Waals surface area contributed by atoms with Gasteiger partial charge in [-0.2, -0.15) is 0 Å². The third-order valence-electron chi connectivity index (χ3n) is 3.30. The molecular formula is C12H20ClN3O. The average Bonchev–Trinajstić information content (AvgIpc) is 2.74. The van der Waals surface area contributed by atoms with E-state index in [0.717, 1.165) is 37.2 Å². The van der Waals surface area contributed by atoms with Crippen LogP contribution in [-0.2, 0) is 0 Å². The molecule has 1 atom stereocenters. The van der Waals surface area contributed by atoms with E-state index in [1.54, 1.807) is 0 Å². The van der Waals surface area contributed by atoms with E-state index in [1.807, 2.05) is 31.1 Å². The highest BCUT2D eigenvalue weighted by Crippen LogP contribution is 2.15. The van der Waals surface area contributed by atoms with Gasteiger partial charge >= 0.3 is 0 Å². The van der Waals surface area contributed by atoms with E-state index < -0.39 is 0 Å². The monoisotopic (exact) mass is 257 g/mol. The Bertz CT molecular complexity index is 378. The van der Waals surface area contributed by atoms with Crippen LogP contribution in [0.3, 0.4) is 0 Å². The van der Waals surface area contributed by atoms with E-state index in [0.29, 0.717) is 6.04 Å². The highest BCUT2D eigenvalue weighted by atomic mass is 35.5. The van der Waals surface area contributed by atoms with E-state index >= 15 is 0 Å². The van der Waals surface area contributed by atoms with Gasteiger partial charge in [-0.3, -0.25) is 4.79 Å². The first-order valence-corrected chi connectivity index (χ1v) is 5.83. The van der Waals surface area contributed by atoms with E-state index in [9.17, 15) is 4.79 Å². The number of likely N-dealkylation sites (N-methyl/N-ethyl adjacent to an activating group) is 1. The van der Waals surface area contributed by atoms with Crippen LogP contribution in [0.15, 0.2) is 12.3 Å². The number of hydrogen-bond donors (Lipinski definition) is 2. The van der Waals surface area contributed by atoms with Gasteiger partial charge in [-0.15, -0.1) is 12.4 Å². The zero-order valence-electron chi connectivity index (χ0n) is 10.3. The Morgan fingerprint density at radius 1 is 1.59 bits per heavy atom. The van der Waals surface area contributed by atoms with Crippen molar-refractivity contribution >= 4 is 18.3 Å². The fourth-order valence-electron chi connectivity index (χ4n) is 2.25. The Labute approximate surface area is 108 Å². The molecule has 1 aliphatic heterocycles. The van der Waals surface area contributed by atoms with E-state index in [2.05, 4.69) is 10.3 Å². The summed E-state index contributed by atoms with van der Waals surface area (Å²) in [7, 11) is 1.96. The van der Waals surface area contributed by atoms with Crippen molar-refractivity contribution in [3.05, 3.63) is 23.5 Å². The van der Waals surface area contributed by atoms with E-state index in [1.165, 1.54) is 0 Å². The zero-order chi connectivity index (χ0) is 11.5. The second-order valence-corrected chi connectivity index (χ2v) is 4.40. The smallest absolute Gasteiger partial charge is 0.255 e. The number of nitrogens with zero attached hydrogens (tertiary/aromatic N) is 1. The van der Waals surface area contributed by atoms with Crippen molar-refractivity contribution in [1.82, 2.24) is 15.2 Å². The molecule has 0 aliphatic carbocycles. The van der Waals surface area contributed by atoms with E-state index in [4.69, 9.17) is 0 Å². The molecule has 1 aromatic heterocycles. The molecule has 1 fully saturated rings. The Morgan fingerprint density at radius 3 is 2.94 bits per heavy atom. The molecule has 2 N–H and O–H groups in total. The number of aryl methyl sites for hydroxylation is 1. The topological polar surface area (TPSA) is 48.1 Å². The Morgan fingerprint density at radius 2 is 2.35 bits per heavy atom. The maximum Gasteiger partial charge on any atom is 0.255 e. The number of rotatable bonds is 2. The molecule has 1 amide bonds. The number of likely N-dealkylation sites (tertiary alicyclic amines) is 1. The van der Waals surface area contributed by atoms with Crippen molar-refractivity contribution in [2.45, 2.75) is 25.8 Å². The van der Waals surface area contributed by atoms with Crippen molar-refractivity contribution in [3.63, 3.8) is 0 Å². The SMILES string of the molecule is CNC1CCCN(C(=O)c2cc[nH]c2C)C1.Cl. The molecule has 17 heavy (non-hydrogen) atoms. The molecule has 5 heteroatoms. The summed E-state index contributed by atoms with van der Waals surface area (Å²) < 4.78 is 0. The number of aromatic amines is 1. The first-order valence-electron chi connectivity index (χ1n) is 5.83. The maximum absolute atomic E-state index is 12.2. The van der Waals surface area contributed by atoms with Gasteiger partial charge in [0, 0.05) is 31.0 Å². The standard InChI is InChI=1S/C12H19N3O.ClH/c1-9-11(5-6-14-9)12(16)15-7-3-4-10(8-15)13-2;/h5-6,10,13-14H,3-4,7-8H2,1-2H3;1H. The number of hydrogen-bond acceptors (Lipinski definition) is 2. The minimum Gasteiger partial charge on any atom is -0.365 e. The van der Waals surface area contributed by atoms with Crippen LogP contribution in [0.25, 0.3) is 0 Å². The van der Waals surface area contributed by atoms with Crippen molar-refractivity contribution in [2.75, 3.05) is 20.1 Å². The van der Waals surface area contributed by atoms with Gasteiger partial charge in [-0.25, -0.2) is 0 Å². The lowest BCUT2D eigenvalue weighted by Crippen LogP contribution is -2.47. The molecule has 0 radical (unpaired) electrons. The number of H-pyrrole nitrogens is 1. The molecule has 1 aromatic rings. The second kappa shape index (κ2) is 6.07. The number of carbonyl (C=O) groups excluding carboxylic acids is 1. The summed E-state index contributed by atoms with van der Waals surface area (Å²) >= 11 is 0. The lowest BCUT2D eigenvalue weighted by atomic mass is 10.0. The molecule has 0 aromatic carbocycles. The van der Waals surface area contributed by atoms with Crippen molar-refractivity contribution in [3.8, 4) is 0 Å². The molecule has 1 saturated heterocycles. The summed E-state index contributed by atoms with van der Waals surface area (Å²) in [6.07, 6.45) is 4.06. The second-order valence-electron chi connectivity index (χ2n) is 4.40. The molecule has 0 saturated carbocycles. The lowest BCUT2D eigenvalue weighted by molar-refractivity contribution is 0.0697.